The Morgan fingerprint density at radius 2 is 0.424 bits per heavy atom. The van der Waals surface area contributed by atoms with Crippen LogP contribution in [0, 0.1) is 0 Å². The van der Waals surface area contributed by atoms with Gasteiger partial charge in [-0.1, -0.05) is 218 Å². The summed E-state index contributed by atoms with van der Waals surface area (Å²) in [6.45, 7) is 26.6. The molecule has 4 amide bonds. The van der Waals surface area contributed by atoms with Crippen molar-refractivity contribution in [1.29, 1.82) is 0 Å². The summed E-state index contributed by atoms with van der Waals surface area (Å²) in [6, 6.07) is 49.5. The van der Waals surface area contributed by atoms with Crippen LogP contribution in [0.25, 0.3) is 0 Å². The zero-order chi connectivity index (χ0) is 107. The molecular formula is C104H124Cl8N4O24S4. The molecule has 8 aromatic rings. The normalized spacial score (nSPS) is 22.5. The molecule has 0 bridgehead atoms. The molecule has 20 atom stereocenters. The second-order valence-electron chi connectivity index (χ2n) is 37.0. The largest absolute Gasteiger partial charge is 0.481 e. The fraction of sp³-hybridized carbons (Fsp3) is 0.462. The number of carbonyl (C=O) groups is 8. The maximum absolute atomic E-state index is 13.8. The molecule has 0 aromatic heterocycles. The van der Waals surface area contributed by atoms with E-state index in [4.69, 9.17) is 112 Å². The minimum absolute atomic E-state index is 0.338. The zero-order valence-electron chi connectivity index (χ0n) is 82.4. The number of ether oxygens (including phenoxy) is 4. The first-order valence-corrected chi connectivity index (χ1v) is 56.7. The van der Waals surface area contributed by atoms with Gasteiger partial charge in [-0.3, -0.25) is 38.4 Å². The molecule has 8 aromatic carbocycles. The Balaban J connectivity index is 0.000000214. The van der Waals surface area contributed by atoms with Crippen LogP contribution in [0.3, 0.4) is 0 Å². The van der Waals surface area contributed by atoms with Crippen LogP contribution < -0.4 is 0 Å². The Bertz CT molecular complexity index is 5560. The van der Waals surface area contributed by atoms with Crippen molar-refractivity contribution in [2.24, 2.45) is 0 Å². The third kappa shape index (κ3) is 28.3. The van der Waals surface area contributed by atoms with Crippen LogP contribution in [0.1, 0.15) is 255 Å². The van der Waals surface area contributed by atoms with E-state index in [2.05, 4.69) is 0 Å². The number of nitrogens with zero attached hydrogens (tertiary/aromatic N) is 4. The van der Waals surface area contributed by atoms with Gasteiger partial charge < -0.3 is 59.0 Å². The van der Waals surface area contributed by atoms with Gasteiger partial charge in [-0.05, 0) is 250 Å². The monoisotopic (exact) mass is 2220 g/mol. The SMILES string of the molecule is CC[C@@H]([C@@H](C)S(=O)(=O)C(C)C)N1C(=O)[C@@H](CC(=O)O)O[C@H](c2cccc(Cl)c2)[C@H]1c1ccc(Cl)cc1.CC[C@@H]([C@@H](C)S(=O)(=O)C(C)C)N1C(=O)[C@H](CC(=O)O)O[C@H](c2cccc(Cl)c2)[C@H]1c1ccc(Cl)cc1.CC[C@@H]([C@H](C)S(=O)(=O)C(C)C)N1C(=O)[C@@H](CC(=O)O)O[C@H](c2cccc(Cl)c2)[C@H]1c1ccc(Cl)cc1.CC[C@@H]([C@H](C)S(=O)(=O)C(C)C)N1C(=O)[C@H](CC(=O)O)O[C@H](c2cccc(Cl)c2)[C@H]1c1ccc(Cl)cc1. The minimum Gasteiger partial charge on any atom is -0.481 e. The van der Waals surface area contributed by atoms with Crippen LogP contribution in [0.5, 0.6) is 0 Å². The number of benzene rings is 8. The third-order valence-electron chi connectivity index (χ3n) is 26.7. The first-order valence-electron chi connectivity index (χ1n) is 47.2. The molecule has 28 nitrogen and oxygen atoms in total. The number of carbonyl (C=O) groups excluding carboxylic acids is 4. The van der Waals surface area contributed by atoms with Crippen LogP contribution in [-0.4, -0.2) is 212 Å². The van der Waals surface area contributed by atoms with E-state index in [0.717, 1.165) is 0 Å². The molecule has 784 valence electrons. The molecule has 144 heavy (non-hydrogen) atoms. The number of amides is 4. The average Bonchev–Trinajstić information content (AvgIpc) is 0.758. The van der Waals surface area contributed by atoms with Crippen molar-refractivity contribution in [3.63, 3.8) is 0 Å². The fourth-order valence-corrected chi connectivity index (χ4v) is 26.8. The van der Waals surface area contributed by atoms with E-state index >= 15 is 0 Å². The highest BCUT2D eigenvalue weighted by Crippen LogP contribution is 2.52. The summed E-state index contributed by atoms with van der Waals surface area (Å²) in [4.78, 5) is 108. The molecule has 4 saturated heterocycles. The quantitative estimate of drug-likeness (QED) is 0.0283. The van der Waals surface area contributed by atoms with Gasteiger partial charge in [0.15, 0.2) is 39.3 Å². The van der Waals surface area contributed by atoms with Gasteiger partial charge in [0, 0.05) is 64.3 Å². The molecular weight excluding hydrogens is 2100 g/mol. The van der Waals surface area contributed by atoms with Gasteiger partial charge >= 0.3 is 23.9 Å². The highest BCUT2D eigenvalue weighted by molar-refractivity contribution is 7.93. The zero-order valence-corrected chi connectivity index (χ0v) is 91.7. The summed E-state index contributed by atoms with van der Waals surface area (Å²) in [5, 5.41) is 35.7. The van der Waals surface area contributed by atoms with Crippen LogP contribution in [0.2, 0.25) is 40.2 Å². The summed E-state index contributed by atoms with van der Waals surface area (Å²) in [6.07, 6.45) is -9.22. The predicted octanol–water partition coefficient (Wildman–Crippen LogP) is 21.9. The van der Waals surface area contributed by atoms with Crippen LogP contribution in [0.4, 0.5) is 0 Å². The summed E-state index contributed by atoms with van der Waals surface area (Å²) in [5.74, 6) is -7.03. The maximum Gasteiger partial charge on any atom is 0.306 e. The van der Waals surface area contributed by atoms with Gasteiger partial charge in [-0.25, -0.2) is 33.7 Å². The lowest BCUT2D eigenvalue weighted by molar-refractivity contribution is -0.183. The fourth-order valence-electron chi connectivity index (χ4n) is 19.1. The lowest BCUT2D eigenvalue weighted by atomic mass is 9.89. The van der Waals surface area contributed by atoms with Crippen molar-refractivity contribution >= 4 is 180 Å². The van der Waals surface area contributed by atoms with E-state index in [1.165, 1.54) is 19.6 Å². The molecule has 0 radical (unpaired) electrons. The van der Waals surface area contributed by atoms with E-state index in [0.29, 0.717) is 110 Å². The van der Waals surface area contributed by atoms with Gasteiger partial charge in [0.1, 0.15) is 48.8 Å². The summed E-state index contributed by atoms with van der Waals surface area (Å²) in [7, 11) is -14.4. The Hall–Kier alpha value is -8.52. The molecule has 0 spiro atoms. The predicted molar refractivity (Wildman–Crippen MR) is 560 cm³/mol. The molecule has 0 unspecified atom stereocenters. The summed E-state index contributed by atoms with van der Waals surface area (Å²) in [5.41, 5.74) is 5.29. The molecule has 0 aliphatic carbocycles. The molecule has 4 N–H and O–H groups in total. The van der Waals surface area contributed by atoms with E-state index in [1.54, 1.807) is 277 Å². The highest BCUT2D eigenvalue weighted by atomic mass is 35.5. The van der Waals surface area contributed by atoms with Crippen molar-refractivity contribution in [3.8, 4) is 0 Å². The second kappa shape index (κ2) is 51.6. The summed E-state index contributed by atoms with van der Waals surface area (Å²) < 4.78 is 130. The van der Waals surface area contributed by atoms with E-state index < -0.39 is 252 Å². The van der Waals surface area contributed by atoms with Crippen LogP contribution >= 0.6 is 92.8 Å². The van der Waals surface area contributed by atoms with Gasteiger partial charge in [-0.2, -0.15) is 0 Å². The Kier molecular flexibility index (Phi) is 42.7. The standard InChI is InChI=1S/4C26H31Cl2NO6S/c4*1-5-21(16(4)36(33,34)15(2)3)29-24(17-9-11-19(27)12-10-17)25(18-7-6-8-20(28)13-18)35-22(26(29)32)14-23(30)31/h4*6-13,15-16,21-22,24-25H,5,14H2,1-4H3,(H,30,31)/t16-,21+,22+,24-,25-;16-,21+,22-,24-,25-;16-,21-,22+,24+,25+;16-,21-,22-,24+,25+/m1100/s1. The van der Waals surface area contributed by atoms with Gasteiger partial charge in [0.05, 0.1) is 91.9 Å². The number of aliphatic carboxylic acids is 4. The molecule has 4 fully saturated rings. The number of morpholine rings is 4. The first-order chi connectivity index (χ1) is 67.5. The molecule has 12 rings (SSSR count). The lowest BCUT2D eigenvalue weighted by Crippen LogP contribution is -2.59. The van der Waals surface area contributed by atoms with Crippen LogP contribution in [0.15, 0.2) is 194 Å². The molecule has 0 saturated carbocycles. The molecule has 4 aliphatic rings. The van der Waals surface area contributed by atoms with Gasteiger partial charge in [-0.15, -0.1) is 0 Å². The van der Waals surface area contributed by atoms with Crippen molar-refractivity contribution in [2.75, 3.05) is 0 Å². The number of carboxylic acids is 4. The second-order valence-corrected chi connectivity index (χ2v) is 52.0. The highest BCUT2D eigenvalue weighted by Gasteiger charge is 2.56. The number of carboxylic acid groups (broad SMARTS) is 4. The van der Waals surface area contributed by atoms with E-state index in [-0.39, 0.29) is 0 Å². The Labute approximate surface area is 883 Å². The minimum atomic E-state index is -3.60. The number of hydrogen-bond acceptors (Lipinski definition) is 20. The van der Waals surface area contributed by atoms with Gasteiger partial charge in [0.25, 0.3) is 23.6 Å². The number of halogens is 8. The molecule has 4 heterocycles. The van der Waals surface area contributed by atoms with Crippen molar-refractivity contribution in [3.05, 3.63) is 279 Å². The first kappa shape index (κ1) is 119. The topological polar surface area (TPSA) is 404 Å². The number of hydrogen-bond donors (Lipinski definition) is 4. The van der Waals surface area contributed by atoms with Crippen LogP contribution in [-0.2, 0) is 96.7 Å². The third-order valence-corrected chi connectivity index (χ3v) is 39.3. The summed E-state index contributed by atoms with van der Waals surface area (Å²) >= 11 is 49.6. The molecule has 4 aliphatic heterocycles. The average molecular weight is 2230 g/mol. The van der Waals surface area contributed by atoms with E-state index in [9.17, 15) is 92.5 Å². The number of rotatable bonds is 36. The maximum atomic E-state index is 13.8. The van der Waals surface area contributed by atoms with Gasteiger partial charge in [0.2, 0.25) is 0 Å². The van der Waals surface area contributed by atoms with Crippen molar-refractivity contribution in [1.82, 2.24) is 19.6 Å². The Morgan fingerprint density at radius 3 is 0.556 bits per heavy atom. The number of sulfone groups is 4. The molecule has 40 heteroatoms. The lowest BCUT2D eigenvalue weighted by Gasteiger charge is -2.49. The van der Waals surface area contributed by atoms with Crippen molar-refractivity contribution in [2.45, 2.75) is 301 Å². The smallest absolute Gasteiger partial charge is 0.306 e. The van der Waals surface area contributed by atoms with Crippen molar-refractivity contribution < 1.29 is 111 Å². The van der Waals surface area contributed by atoms with E-state index in [1.807, 2.05) is 27.7 Å². The Morgan fingerprint density at radius 1 is 0.264 bits per heavy atom.